The van der Waals surface area contributed by atoms with Gasteiger partial charge in [0.25, 0.3) is 0 Å². The molecule has 2 aliphatic heterocycles. The number of hydrogen-bond donors (Lipinski definition) is 1. The van der Waals surface area contributed by atoms with Crippen molar-refractivity contribution in [1.82, 2.24) is 9.80 Å². The van der Waals surface area contributed by atoms with Gasteiger partial charge in [-0.1, -0.05) is 13.3 Å². The maximum Gasteiger partial charge on any atom is 0.320 e. The topological polar surface area (TPSA) is 60.9 Å². The van der Waals surface area contributed by atoms with Gasteiger partial charge in [0.05, 0.1) is 5.41 Å². The summed E-state index contributed by atoms with van der Waals surface area (Å²) in [5, 5.41) is 9.51. The fourth-order valence-corrected chi connectivity index (χ4v) is 4.20. The SMILES string of the molecule is CCCC1(C(=O)O)CCN(C(=O)N2CCCSCC2)CC1. The van der Waals surface area contributed by atoms with Crippen LogP contribution < -0.4 is 0 Å². The van der Waals surface area contributed by atoms with Crippen LogP contribution in [-0.2, 0) is 4.79 Å². The van der Waals surface area contributed by atoms with Crippen LogP contribution in [0, 0.1) is 5.41 Å². The number of nitrogens with zero attached hydrogens (tertiary/aromatic N) is 2. The van der Waals surface area contributed by atoms with Gasteiger partial charge in [-0.3, -0.25) is 4.79 Å². The number of rotatable bonds is 3. The fraction of sp³-hybridized carbons (Fsp3) is 0.867. The van der Waals surface area contributed by atoms with Gasteiger partial charge in [0.15, 0.2) is 0 Å². The number of carbonyl (C=O) groups excluding carboxylic acids is 1. The summed E-state index contributed by atoms with van der Waals surface area (Å²) >= 11 is 1.90. The number of amides is 2. The molecule has 0 atom stereocenters. The van der Waals surface area contributed by atoms with E-state index in [2.05, 4.69) is 0 Å². The molecule has 2 aliphatic rings. The molecule has 2 heterocycles. The van der Waals surface area contributed by atoms with Gasteiger partial charge in [-0.05, 0) is 31.4 Å². The third-order valence-electron chi connectivity index (χ3n) is 4.67. The van der Waals surface area contributed by atoms with Crippen LogP contribution in [0.15, 0.2) is 0 Å². The molecule has 0 bridgehead atoms. The Morgan fingerprint density at radius 3 is 2.38 bits per heavy atom. The highest BCUT2D eigenvalue weighted by molar-refractivity contribution is 7.99. The van der Waals surface area contributed by atoms with Crippen molar-refractivity contribution in [2.75, 3.05) is 37.7 Å². The minimum absolute atomic E-state index is 0.105. The van der Waals surface area contributed by atoms with Crippen LogP contribution in [0.2, 0.25) is 0 Å². The van der Waals surface area contributed by atoms with E-state index in [1.807, 2.05) is 28.5 Å². The molecule has 5 nitrogen and oxygen atoms in total. The van der Waals surface area contributed by atoms with E-state index < -0.39 is 11.4 Å². The van der Waals surface area contributed by atoms with E-state index in [0.717, 1.165) is 37.4 Å². The molecule has 0 aromatic carbocycles. The van der Waals surface area contributed by atoms with E-state index in [-0.39, 0.29) is 6.03 Å². The van der Waals surface area contributed by atoms with Gasteiger partial charge in [-0.15, -0.1) is 0 Å². The van der Waals surface area contributed by atoms with Gasteiger partial charge in [0.1, 0.15) is 0 Å². The van der Waals surface area contributed by atoms with E-state index in [1.54, 1.807) is 0 Å². The van der Waals surface area contributed by atoms with Gasteiger partial charge in [-0.2, -0.15) is 11.8 Å². The lowest BCUT2D eigenvalue weighted by Gasteiger charge is -2.40. The lowest BCUT2D eigenvalue weighted by Crippen LogP contribution is -2.51. The largest absolute Gasteiger partial charge is 0.481 e. The molecule has 2 amide bonds. The molecule has 0 radical (unpaired) electrons. The lowest BCUT2D eigenvalue weighted by atomic mass is 9.75. The molecule has 0 aliphatic carbocycles. The van der Waals surface area contributed by atoms with Crippen LogP contribution in [-0.4, -0.2) is 64.6 Å². The first-order valence-corrected chi connectivity index (χ1v) is 9.09. The highest BCUT2D eigenvalue weighted by Crippen LogP contribution is 2.36. The zero-order chi connectivity index (χ0) is 15.3. The van der Waals surface area contributed by atoms with Crippen molar-refractivity contribution in [2.45, 2.75) is 39.0 Å². The average molecular weight is 314 g/mol. The van der Waals surface area contributed by atoms with Crippen LogP contribution >= 0.6 is 11.8 Å². The van der Waals surface area contributed by atoms with Crippen molar-refractivity contribution < 1.29 is 14.7 Å². The van der Waals surface area contributed by atoms with Crippen LogP contribution in [0.5, 0.6) is 0 Å². The molecular formula is C15H26N2O3S. The lowest BCUT2D eigenvalue weighted by molar-refractivity contribution is -0.152. The summed E-state index contributed by atoms with van der Waals surface area (Å²) in [5.41, 5.74) is -0.611. The molecule has 120 valence electrons. The molecule has 0 unspecified atom stereocenters. The number of hydrogen-bond acceptors (Lipinski definition) is 3. The van der Waals surface area contributed by atoms with Gasteiger partial charge < -0.3 is 14.9 Å². The molecule has 1 N–H and O–H groups in total. The van der Waals surface area contributed by atoms with E-state index in [0.29, 0.717) is 32.4 Å². The third-order valence-corrected chi connectivity index (χ3v) is 5.71. The molecule has 2 rings (SSSR count). The standard InChI is InChI=1S/C15H26N2O3S/c1-2-4-15(13(18)19)5-8-17(9-6-15)14(20)16-7-3-11-21-12-10-16/h2-12H2,1H3,(H,18,19). The first-order chi connectivity index (χ1) is 10.1. The minimum atomic E-state index is -0.692. The highest BCUT2D eigenvalue weighted by Gasteiger charge is 2.42. The molecular weight excluding hydrogens is 288 g/mol. The molecule has 2 saturated heterocycles. The first kappa shape index (κ1) is 16.5. The Balaban J connectivity index is 1.93. The van der Waals surface area contributed by atoms with E-state index >= 15 is 0 Å². The number of carboxylic acid groups (broad SMARTS) is 1. The summed E-state index contributed by atoms with van der Waals surface area (Å²) < 4.78 is 0. The Bertz CT molecular complexity index is 373. The monoisotopic (exact) mass is 314 g/mol. The van der Waals surface area contributed by atoms with Crippen molar-refractivity contribution in [1.29, 1.82) is 0 Å². The number of urea groups is 1. The number of carboxylic acids is 1. The molecule has 2 fully saturated rings. The van der Waals surface area contributed by atoms with Gasteiger partial charge >= 0.3 is 12.0 Å². The molecule has 6 heteroatoms. The second-order valence-electron chi connectivity index (χ2n) is 6.06. The van der Waals surface area contributed by atoms with Gasteiger partial charge in [0, 0.05) is 31.9 Å². The fourth-order valence-electron chi connectivity index (χ4n) is 3.31. The Hall–Kier alpha value is -0.910. The predicted octanol–water partition coefficient (Wildman–Crippen LogP) is 2.51. The Morgan fingerprint density at radius 1 is 1.10 bits per heavy atom. The number of aliphatic carboxylic acids is 1. The van der Waals surface area contributed by atoms with Crippen molar-refractivity contribution in [3.63, 3.8) is 0 Å². The number of carbonyl (C=O) groups is 2. The molecule has 21 heavy (non-hydrogen) atoms. The van der Waals surface area contributed by atoms with Crippen molar-refractivity contribution >= 4 is 23.8 Å². The van der Waals surface area contributed by atoms with Crippen molar-refractivity contribution in [3.05, 3.63) is 0 Å². The molecule has 0 spiro atoms. The maximum atomic E-state index is 12.5. The summed E-state index contributed by atoms with van der Waals surface area (Å²) in [6.45, 7) is 4.83. The molecule has 0 saturated carbocycles. The zero-order valence-corrected chi connectivity index (χ0v) is 13.7. The van der Waals surface area contributed by atoms with Crippen LogP contribution in [0.3, 0.4) is 0 Å². The third kappa shape index (κ3) is 3.84. The minimum Gasteiger partial charge on any atom is -0.481 e. The Kier molecular flexibility index (Phi) is 5.79. The summed E-state index contributed by atoms with van der Waals surface area (Å²) in [4.78, 5) is 27.9. The number of thioether (sulfide) groups is 1. The second-order valence-corrected chi connectivity index (χ2v) is 7.28. The summed E-state index contributed by atoms with van der Waals surface area (Å²) in [6.07, 6.45) is 3.82. The van der Waals surface area contributed by atoms with Gasteiger partial charge in [-0.25, -0.2) is 4.79 Å². The normalized spacial score (nSPS) is 22.7. The first-order valence-electron chi connectivity index (χ1n) is 7.94. The predicted molar refractivity (Wildman–Crippen MR) is 84.7 cm³/mol. The summed E-state index contributed by atoms with van der Waals surface area (Å²) in [5.74, 6) is 1.44. The maximum absolute atomic E-state index is 12.5. The van der Waals surface area contributed by atoms with E-state index in [1.165, 1.54) is 0 Å². The van der Waals surface area contributed by atoms with Crippen LogP contribution in [0.4, 0.5) is 4.79 Å². The Morgan fingerprint density at radius 2 is 1.76 bits per heavy atom. The summed E-state index contributed by atoms with van der Waals surface area (Å²) in [6, 6.07) is 0.105. The van der Waals surface area contributed by atoms with Crippen molar-refractivity contribution in [3.8, 4) is 0 Å². The summed E-state index contributed by atoms with van der Waals surface area (Å²) in [7, 11) is 0. The number of likely N-dealkylation sites (tertiary alicyclic amines) is 1. The van der Waals surface area contributed by atoms with Crippen LogP contribution in [0.25, 0.3) is 0 Å². The highest BCUT2D eigenvalue weighted by atomic mass is 32.2. The van der Waals surface area contributed by atoms with Crippen LogP contribution in [0.1, 0.15) is 39.0 Å². The van der Waals surface area contributed by atoms with Crippen molar-refractivity contribution in [2.24, 2.45) is 5.41 Å². The van der Waals surface area contributed by atoms with E-state index in [4.69, 9.17) is 0 Å². The van der Waals surface area contributed by atoms with E-state index in [9.17, 15) is 14.7 Å². The molecule has 0 aromatic rings. The average Bonchev–Trinajstić information content (AvgIpc) is 2.76. The smallest absolute Gasteiger partial charge is 0.320 e. The second kappa shape index (κ2) is 7.38. The van der Waals surface area contributed by atoms with Gasteiger partial charge in [0.2, 0.25) is 0 Å². The quantitative estimate of drug-likeness (QED) is 0.869. The zero-order valence-electron chi connectivity index (χ0n) is 12.8. The Labute approximate surface area is 131 Å². The molecule has 0 aromatic heterocycles. The number of piperidine rings is 1.